The van der Waals surface area contributed by atoms with E-state index in [1.165, 1.54) is 6.42 Å². The molecular formula is C14H28N2. The summed E-state index contributed by atoms with van der Waals surface area (Å²) in [6.07, 6.45) is 1.18. The molecule has 0 fully saturated rings. The van der Waals surface area contributed by atoms with Crippen LogP contribution in [0.5, 0.6) is 0 Å². The van der Waals surface area contributed by atoms with Gasteiger partial charge in [0.2, 0.25) is 0 Å². The SMILES string of the molecule is CCCNCC(C)(C)C#CC(C)(C)CNC. The maximum Gasteiger partial charge on any atom is 0.0382 e. The number of nitrogens with one attached hydrogen (secondary N) is 2. The molecule has 0 rings (SSSR count). The summed E-state index contributed by atoms with van der Waals surface area (Å²) in [4.78, 5) is 0. The third-order valence-corrected chi connectivity index (χ3v) is 2.35. The second kappa shape index (κ2) is 6.93. The Hall–Kier alpha value is -0.520. The molecule has 2 N–H and O–H groups in total. The molecular weight excluding hydrogens is 196 g/mol. The summed E-state index contributed by atoms with van der Waals surface area (Å²) in [5, 5.41) is 6.60. The lowest BCUT2D eigenvalue weighted by molar-refractivity contribution is 0.440. The van der Waals surface area contributed by atoms with Crippen LogP contribution in [0.4, 0.5) is 0 Å². The second-order valence-electron chi connectivity index (χ2n) is 5.72. The average Bonchev–Trinajstić information content (AvgIpc) is 2.16. The van der Waals surface area contributed by atoms with Crippen LogP contribution in [0.2, 0.25) is 0 Å². The Bertz CT molecular complexity index is 243. The van der Waals surface area contributed by atoms with E-state index in [0.29, 0.717) is 0 Å². The van der Waals surface area contributed by atoms with E-state index >= 15 is 0 Å². The van der Waals surface area contributed by atoms with Crippen LogP contribution in [0.15, 0.2) is 0 Å². The molecule has 2 nitrogen and oxygen atoms in total. The van der Waals surface area contributed by atoms with Gasteiger partial charge in [-0.25, -0.2) is 0 Å². The minimum Gasteiger partial charge on any atom is -0.318 e. The Morgan fingerprint density at radius 2 is 1.44 bits per heavy atom. The van der Waals surface area contributed by atoms with Gasteiger partial charge in [0.05, 0.1) is 0 Å². The molecule has 0 aliphatic rings. The molecule has 0 spiro atoms. The Labute approximate surface area is 102 Å². The number of hydrogen-bond acceptors (Lipinski definition) is 2. The van der Waals surface area contributed by atoms with Crippen LogP contribution in [-0.2, 0) is 0 Å². The summed E-state index contributed by atoms with van der Waals surface area (Å²) in [5.74, 6) is 6.77. The molecule has 0 saturated heterocycles. The van der Waals surface area contributed by atoms with Crippen LogP contribution in [-0.4, -0.2) is 26.7 Å². The van der Waals surface area contributed by atoms with Crippen molar-refractivity contribution in [1.82, 2.24) is 10.6 Å². The van der Waals surface area contributed by atoms with E-state index in [-0.39, 0.29) is 10.8 Å². The first-order chi connectivity index (χ1) is 7.33. The van der Waals surface area contributed by atoms with Gasteiger partial charge in [-0.3, -0.25) is 0 Å². The van der Waals surface area contributed by atoms with E-state index in [1.54, 1.807) is 0 Å². The minimum absolute atomic E-state index is 0.0524. The van der Waals surface area contributed by atoms with Gasteiger partial charge in [-0.2, -0.15) is 0 Å². The second-order valence-corrected chi connectivity index (χ2v) is 5.72. The molecule has 0 bridgehead atoms. The van der Waals surface area contributed by atoms with Crippen molar-refractivity contribution in [1.29, 1.82) is 0 Å². The van der Waals surface area contributed by atoms with E-state index < -0.39 is 0 Å². The third-order valence-electron chi connectivity index (χ3n) is 2.35. The Kier molecular flexibility index (Phi) is 6.71. The van der Waals surface area contributed by atoms with Gasteiger partial charge < -0.3 is 10.6 Å². The van der Waals surface area contributed by atoms with E-state index in [9.17, 15) is 0 Å². The normalized spacial score (nSPS) is 12.1. The highest BCUT2D eigenvalue weighted by Crippen LogP contribution is 2.16. The molecule has 0 aromatic rings. The highest BCUT2D eigenvalue weighted by atomic mass is 14.9. The maximum atomic E-state index is 3.43. The van der Waals surface area contributed by atoms with E-state index in [4.69, 9.17) is 0 Å². The molecule has 16 heavy (non-hydrogen) atoms. The van der Waals surface area contributed by atoms with Gasteiger partial charge in [0.25, 0.3) is 0 Å². The van der Waals surface area contributed by atoms with Crippen molar-refractivity contribution in [2.24, 2.45) is 10.8 Å². The molecule has 0 aliphatic heterocycles. The topological polar surface area (TPSA) is 24.1 Å². The Morgan fingerprint density at radius 1 is 0.938 bits per heavy atom. The number of rotatable bonds is 6. The predicted octanol–water partition coefficient (Wildman–Crippen LogP) is 2.26. The smallest absolute Gasteiger partial charge is 0.0382 e. The Balaban J connectivity index is 4.27. The zero-order valence-electron chi connectivity index (χ0n) is 11.8. The molecule has 94 valence electrons. The zero-order chi connectivity index (χ0) is 12.7. The van der Waals surface area contributed by atoms with Crippen molar-refractivity contribution in [2.45, 2.75) is 41.0 Å². The van der Waals surface area contributed by atoms with Crippen LogP contribution in [0.1, 0.15) is 41.0 Å². The van der Waals surface area contributed by atoms with Gasteiger partial charge in [0.15, 0.2) is 0 Å². The fourth-order valence-corrected chi connectivity index (χ4v) is 1.45. The van der Waals surface area contributed by atoms with Crippen LogP contribution >= 0.6 is 0 Å². The molecule has 0 aromatic heterocycles. The monoisotopic (exact) mass is 224 g/mol. The highest BCUT2D eigenvalue weighted by Gasteiger charge is 2.17. The van der Waals surface area contributed by atoms with E-state index in [0.717, 1.165) is 19.6 Å². The summed E-state index contributed by atoms with van der Waals surface area (Å²) < 4.78 is 0. The van der Waals surface area contributed by atoms with Gasteiger partial charge in [0.1, 0.15) is 0 Å². The average molecular weight is 224 g/mol. The van der Waals surface area contributed by atoms with Crippen LogP contribution in [0, 0.1) is 22.7 Å². The molecule has 0 aromatic carbocycles. The van der Waals surface area contributed by atoms with Crippen LogP contribution < -0.4 is 10.6 Å². The Morgan fingerprint density at radius 3 is 1.88 bits per heavy atom. The predicted molar refractivity (Wildman–Crippen MR) is 72.4 cm³/mol. The molecule has 0 atom stereocenters. The standard InChI is InChI=1S/C14H28N2/c1-7-10-16-12-14(4,5)9-8-13(2,3)11-15-6/h15-16H,7,10-12H2,1-6H3. The van der Waals surface area contributed by atoms with Crippen molar-refractivity contribution < 1.29 is 0 Å². The van der Waals surface area contributed by atoms with Crippen molar-refractivity contribution in [2.75, 3.05) is 26.7 Å². The van der Waals surface area contributed by atoms with Crippen molar-refractivity contribution in [3.8, 4) is 11.8 Å². The minimum atomic E-state index is 0.0524. The molecule has 0 aliphatic carbocycles. The molecule has 0 amide bonds. The number of hydrogen-bond donors (Lipinski definition) is 2. The van der Waals surface area contributed by atoms with Gasteiger partial charge in [-0.1, -0.05) is 18.8 Å². The quantitative estimate of drug-likeness (QED) is 0.534. The summed E-state index contributed by atoms with van der Waals surface area (Å²) in [5.41, 5.74) is 0.108. The summed E-state index contributed by atoms with van der Waals surface area (Å²) in [6, 6.07) is 0. The third kappa shape index (κ3) is 7.73. The fourth-order valence-electron chi connectivity index (χ4n) is 1.45. The summed E-state index contributed by atoms with van der Waals surface area (Å²) in [6.45, 7) is 13.9. The first kappa shape index (κ1) is 15.5. The maximum absolute atomic E-state index is 3.43. The van der Waals surface area contributed by atoms with E-state index in [2.05, 4.69) is 57.1 Å². The van der Waals surface area contributed by atoms with Gasteiger partial charge in [-0.05, 0) is 47.7 Å². The summed E-state index contributed by atoms with van der Waals surface area (Å²) >= 11 is 0. The van der Waals surface area contributed by atoms with Crippen LogP contribution in [0.25, 0.3) is 0 Å². The summed E-state index contributed by atoms with van der Waals surface area (Å²) in [7, 11) is 1.97. The first-order valence-electron chi connectivity index (χ1n) is 6.22. The molecule has 0 radical (unpaired) electrons. The molecule has 2 heteroatoms. The van der Waals surface area contributed by atoms with Crippen LogP contribution in [0.3, 0.4) is 0 Å². The van der Waals surface area contributed by atoms with Gasteiger partial charge in [-0.15, -0.1) is 0 Å². The molecule has 0 saturated carbocycles. The van der Waals surface area contributed by atoms with Gasteiger partial charge >= 0.3 is 0 Å². The largest absolute Gasteiger partial charge is 0.318 e. The lowest BCUT2D eigenvalue weighted by atomic mass is 9.89. The van der Waals surface area contributed by atoms with E-state index in [1.807, 2.05) is 7.05 Å². The van der Waals surface area contributed by atoms with Crippen molar-refractivity contribution >= 4 is 0 Å². The first-order valence-corrected chi connectivity index (χ1v) is 6.22. The highest BCUT2D eigenvalue weighted by molar-refractivity contribution is 5.16. The fraction of sp³-hybridized carbons (Fsp3) is 0.857. The lowest BCUT2D eigenvalue weighted by Crippen LogP contribution is -2.30. The zero-order valence-corrected chi connectivity index (χ0v) is 11.8. The van der Waals surface area contributed by atoms with Crippen molar-refractivity contribution in [3.63, 3.8) is 0 Å². The lowest BCUT2D eigenvalue weighted by Gasteiger charge is -2.21. The molecule has 0 unspecified atom stereocenters. The van der Waals surface area contributed by atoms with Gasteiger partial charge in [0, 0.05) is 23.9 Å². The molecule has 0 heterocycles. The van der Waals surface area contributed by atoms with Crippen molar-refractivity contribution in [3.05, 3.63) is 0 Å².